The van der Waals surface area contributed by atoms with Gasteiger partial charge in [0.1, 0.15) is 26.5 Å². The van der Waals surface area contributed by atoms with Crippen LogP contribution >= 0.6 is 0 Å². The molecule has 23 heavy (non-hydrogen) atoms. The number of hydrogen-bond donors (Lipinski definition) is 1. The molecule has 1 heterocycles. The van der Waals surface area contributed by atoms with Crippen molar-refractivity contribution in [1.82, 2.24) is 0 Å². The number of allylic oxidation sites excluding steroid dienone is 1. The van der Waals surface area contributed by atoms with E-state index in [2.05, 4.69) is 0 Å². The first-order chi connectivity index (χ1) is 10.1. The molecule has 0 saturated carbocycles. The Morgan fingerprint density at radius 3 is 2.52 bits per heavy atom. The van der Waals surface area contributed by atoms with E-state index in [0.717, 1.165) is 0 Å². The standard InChI is InChI=1S/C15H14O6S.Na/c1-15(2)7-11(17)14(22(18,19)20)13-10(15)5-8-3-4-9(16)6-12(8)21-13;/h3-6,17H,7H2,1-2H3,(H,18,19,20);/q;+1/p-1. The molecule has 0 bridgehead atoms. The zero-order valence-electron chi connectivity index (χ0n) is 12.9. The van der Waals surface area contributed by atoms with E-state index in [4.69, 9.17) is 4.42 Å². The Hall–Kier alpha value is -1.12. The second-order valence-corrected chi connectivity index (χ2v) is 7.30. The molecular weight excluding hydrogens is 331 g/mol. The summed E-state index contributed by atoms with van der Waals surface area (Å²) in [6.45, 7) is 3.61. The third kappa shape index (κ3) is 3.12. The van der Waals surface area contributed by atoms with Crippen molar-refractivity contribution in [3.05, 3.63) is 51.6 Å². The molecule has 0 radical (unpaired) electrons. The van der Waals surface area contributed by atoms with Gasteiger partial charge in [-0.15, -0.1) is 0 Å². The zero-order chi connectivity index (χ0) is 16.3. The molecule has 0 atom stereocenters. The van der Waals surface area contributed by atoms with Crippen molar-refractivity contribution < 1.29 is 52.1 Å². The van der Waals surface area contributed by atoms with Crippen molar-refractivity contribution in [2.24, 2.45) is 0 Å². The average molecular weight is 344 g/mol. The summed E-state index contributed by atoms with van der Waals surface area (Å²) in [7, 11) is -4.91. The Bertz CT molecular complexity index is 939. The number of rotatable bonds is 1. The van der Waals surface area contributed by atoms with E-state index in [0.29, 0.717) is 11.1 Å². The minimum atomic E-state index is -4.91. The van der Waals surface area contributed by atoms with Gasteiger partial charge in [-0.1, -0.05) is 13.8 Å². The van der Waals surface area contributed by atoms with Crippen LogP contribution in [0.2, 0.25) is 0 Å². The maximum Gasteiger partial charge on any atom is 1.00 e. The van der Waals surface area contributed by atoms with Gasteiger partial charge in [-0.25, -0.2) is 8.42 Å². The molecule has 0 spiro atoms. The van der Waals surface area contributed by atoms with Gasteiger partial charge in [0.2, 0.25) is 0 Å². The van der Waals surface area contributed by atoms with Gasteiger partial charge in [0.05, 0.1) is 0 Å². The molecular formula is C15H13NaO6S. The maximum atomic E-state index is 11.5. The Morgan fingerprint density at radius 1 is 1.26 bits per heavy atom. The summed E-state index contributed by atoms with van der Waals surface area (Å²) < 4.78 is 39.9. The van der Waals surface area contributed by atoms with Crippen molar-refractivity contribution in [3.63, 3.8) is 0 Å². The fourth-order valence-corrected chi connectivity index (χ4v) is 3.50. The molecule has 1 aliphatic heterocycles. The summed E-state index contributed by atoms with van der Waals surface area (Å²) in [6, 6.07) is 5.84. The first-order valence-corrected chi connectivity index (χ1v) is 7.97. The van der Waals surface area contributed by atoms with Crippen LogP contribution in [0.1, 0.15) is 31.6 Å². The summed E-state index contributed by atoms with van der Waals surface area (Å²) in [5.41, 5.74) is 0.217. The molecule has 0 amide bonds. The molecule has 3 aliphatic rings. The van der Waals surface area contributed by atoms with Crippen LogP contribution in [-0.2, 0) is 15.5 Å². The number of hydrogen-bond acceptors (Lipinski definition) is 6. The monoisotopic (exact) mass is 344 g/mol. The smallest absolute Gasteiger partial charge is 0.744 e. The van der Waals surface area contributed by atoms with E-state index in [1.54, 1.807) is 26.0 Å². The summed E-state index contributed by atoms with van der Waals surface area (Å²) in [5.74, 6) is -0.548. The second-order valence-electron chi connectivity index (χ2n) is 5.98. The number of aliphatic hydroxyl groups excluding tert-OH is 1. The Morgan fingerprint density at radius 2 is 1.91 bits per heavy atom. The van der Waals surface area contributed by atoms with E-state index in [9.17, 15) is 22.9 Å². The van der Waals surface area contributed by atoms with Gasteiger partial charge in [-0.2, -0.15) is 0 Å². The summed E-state index contributed by atoms with van der Waals surface area (Å²) in [4.78, 5) is 10.7. The van der Waals surface area contributed by atoms with Crippen LogP contribution < -0.4 is 35.0 Å². The topological polar surface area (TPSA) is 108 Å². The second kappa shape index (κ2) is 5.75. The predicted molar refractivity (Wildman–Crippen MR) is 78.5 cm³/mol. The van der Waals surface area contributed by atoms with Crippen molar-refractivity contribution in [1.29, 1.82) is 0 Å². The minimum absolute atomic E-state index is 0. The fourth-order valence-electron chi connectivity index (χ4n) is 2.76. The molecule has 116 valence electrons. The normalized spacial score (nSPS) is 16.8. The largest absolute Gasteiger partial charge is 1.00 e. The fraction of sp³-hybridized carbons (Fsp3) is 0.267. The van der Waals surface area contributed by atoms with Gasteiger partial charge in [0.15, 0.2) is 11.2 Å². The third-order valence-electron chi connectivity index (χ3n) is 3.80. The number of fused-ring (bicyclic) bond motifs is 2. The van der Waals surface area contributed by atoms with E-state index in [-0.39, 0.29) is 52.9 Å². The summed E-state index contributed by atoms with van der Waals surface area (Å²) in [6.07, 6.45) is 0.0114. The molecule has 8 heteroatoms. The van der Waals surface area contributed by atoms with Crippen LogP contribution in [0.3, 0.4) is 0 Å². The van der Waals surface area contributed by atoms with Crippen molar-refractivity contribution in [2.75, 3.05) is 0 Å². The Balaban J connectivity index is 0.00000192. The van der Waals surface area contributed by atoms with Crippen LogP contribution in [-0.4, -0.2) is 18.1 Å². The first-order valence-electron chi connectivity index (χ1n) is 6.56. The summed E-state index contributed by atoms with van der Waals surface area (Å²) >= 11 is 0. The number of aliphatic hydroxyl groups is 1. The minimum Gasteiger partial charge on any atom is -0.744 e. The number of benzene rings is 1. The Labute approximate surface area is 155 Å². The molecule has 0 aromatic heterocycles. The molecule has 6 nitrogen and oxygen atoms in total. The SMILES string of the molecule is CC1(C)CC(O)=C(S(=O)(=O)[O-])c2oc3cc(=O)ccc-3cc21.[Na+]. The van der Waals surface area contributed by atoms with E-state index < -0.39 is 26.2 Å². The molecule has 0 aromatic rings. The van der Waals surface area contributed by atoms with Crippen LogP contribution in [0, 0.1) is 0 Å². The van der Waals surface area contributed by atoms with Crippen LogP contribution in [0.25, 0.3) is 16.2 Å². The molecule has 0 unspecified atom stereocenters. The van der Waals surface area contributed by atoms with Gasteiger partial charge in [-0.05, 0) is 18.2 Å². The maximum absolute atomic E-state index is 11.5. The van der Waals surface area contributed by atoms with Crippen LogP contribution in [0.4, 0.5) is 0 Å². The van der Waals surface area contributed by atoms with Crippen molar-refractivity contribution in [2.45, 2.75) is 25.7 Å². The summed E-state index contributed by atoms with van der Waals surface area (Å²) in [5, 5.41) is 9.99. The van der Waals surface area contributed by atoms with Crippen molar-refractivity contribution >= 4 is 15.0 Å². The first kappa shape index (κ1) is 18.2. The quantitative estimate of drug-likeness (QED) is 0.536. The van der Waals surface area contributed by atoms with Gasteiger partial charge in [0.25, 0.3) is 0 Å². The molecule has 0 saturated heterocycles. The molecule has 2 aliphatic carbocycles. The van der Waals surface area contributed by atoms with Crippen LogP contribution in [0.15, 0.2) is 39.2 Å². The zero-order valence-corrected chi connectivity index (χ0v) is 15.7. The molecule has 0 fully saturated rings. The molecule has 3 rings (SSSR count). The van der Waals surface area contributed by atoms with Gasteiger partial charge in [0, 0.05) is 29.0 Å². The Kier molecular flexibility index (Phi) is 4.56. The average Bonchev–Trinajstić information content (AvgIpc) is 2.34. The predicted octanol–water partition coefficient (Wildman–Crippen LogP) is -0.798. The third-order valence-corrected chi connectivity index (χ3v) is 4.72. The van der Waals surface area contributed by atoms with Gasteiger partial charge in [-0.3, -0.25) is 4.79 Å². The van der Waals surface area contributed by atoms with Gasteiger partial charge < -0.3 is 14.1 Å². The van der Waals surface area contributed by atoms with Crippen LogP contribution in [0.5, 0.6) is 0 Å². The van der Waals surface area contributed by atoms with E-state index in [1.165, 1.54) is 12.1 Å². The van der Waals surface area contributed by atoms with Crippen molar-refractivity contribution in [3.8, 4) is 11.3 Å². The van der Waals surface area contributed by atoms with E-state index in [1.807, 2.05) is 0 Å². The molecule has 1 N–H and O–H groups in total. The van der Waals surface area contributed by atoms with Gasteiger partial charge >= 0.3 is 29.6 Å². The molecule has 0 aromatic carbocycles. The van der Waals surface area contributed by atoms with E-state index >= 15 is 0 Å².